The first kappa shape index (κ1) is 20.0. The Morgan fingerprint density at radius 1 is 1.10 bits per heavy atom. The number of thiophene rings is 1. The molecule has 4 heterocycles. The minimum absolute atomic E-state index is 0.108. The number of rotatable bonds is 5. The van der Waals surface area contributed by atoms with Crippen molar-refractivity contribution in [3.05, 3.63) is 56.8 Å². The maximum Gasteiger partial charge on any atom is 0.262 e. The van der Waals surface area contributed by atoms with Gasteiger partial charge < -0.3 is 10.6 Å². The molecule has 2 unspecified atom stereocenters. The molecule has 3 N–H and O–H groups in total. The second-order valence-corrected chi connectivity index (χ2v) is 8.97. The molecule has 31 heavy (non-hydrogen) atoms. The maximum atomic E-state index is 13.1. The Labute approximate surface area is 183 Å². The van der Waals surface area contributed by atoms with E-state index in [0.717, 1.165) is 23.4 Å². The first-order valence-electron chi connectivity index (χ1n) is 10.4. The van der Waals surface area contributed by atoms with Crippen molar-refractivity contribution in [1.29, 1.82) is 0 Å². The van der Waals surface area contributed by atoms with Crippen molar-refractivity contribution in [2.75, 3.05) is 13.1 Å². The molecule has 4 amide bonds. The molecular formula is C22H22N4O4S. The topological polar surface area (TPSA) is 108 Å². The molecule has 0 bridgehead atoms. The number of carbonyl (C=O) groups is 4. The van der Waals surface area contributed by atoms with E-state index in [1.165, 1.54) is 10.4 Å². The number of hydrogen-bond acceptors (Lipinski definition) is 7. The first-order valence-corrected chi connectivity index (χ1v) is 11.3. The number of imide groups is 2. The quantitative estimate of drug-likeness (QED) is 0.604. The molecule has 0 spiro atoms. The van der Waals surface area contributed by atoms with Crippen LogP contribution in [0.25, 0.3) is 0 Å². The molecule has 8 nitrogen and oxygen atoms in total. The predicted molar refractivity (Wildman–Crippen MR) is 114 cm³/mol. The Hall–Kier alpha value is -2.88. The average molecular weight is 439 g/mol. The smallest absolute Gasteiger partial charge is 0.262 e. The summed E-state index contributed by atoms with van der Waals surface area (Å²) in [5.74, 6) is -1.93. The van der Waals surface area contributed by atoms with Crippen molar-refractivity contribution >= 4 is 35.0 Å². The fourth-order valence-corrected chi connectivity index (χ4v) is 5.54. The molecule has 5 rings (SSSR count). The van der Waals surface area contributed by atoms with Gasteiger partial charge in [-0.3, -0.25) is 29.4 Å². The third-order valence-electron chi connectivity index (χ3n) is 6.12. The Morgan fingerprint density at radius 2 is 1.97 bits per heavy atom. The van der Waals surface area contributed by atoms with E-state index in [2.05, 4.69) is 27.4 Å². The Morgan fingerprint density at radius 3 is 2.81 bits per heavy atom. The van der Waals surface area contributed by atoms with Crippen LogP contribution >= 0.6 is 11.3 Å². The molecule has 0 radical (unpaired) electrons. The number of piperidine rings is 1. The largest absolute Gasteiger partial charge is 0.311 e. The average Bonchev–Trinajstić information content (AvgIpc) is 3.33. The highest BCUT2D eigenvalue weighted by Gasteiger charge is 2.45. The lowest BCUT2D eigenvalue weighted by atomic mass is 10.0. The monoisotopic (exact) mass is 438 g/mol. The molecule has 1 aromatic heterocycles. The van der Waals surface area contributed by atoms with Crippen LogP contribution in [0.1, 0.15) is 55.6 Å². The van der Waals surface area contributed by atoms with Crippen LogP contribution in [0, 0.1) is 0 Å². The summed E-state index contributed by atoms with van der Waals surface area (Å²) in [4.78, 5) is 52.2. The van der Waals surface area contributed by atoms with Crippen LogP contribution in [0.5, 0.6) is 0 Å². The van der Waals surface area contributed by atoms with Gasteiger partial charge in [0.1, 0.15) is 6.04 Å². The molecule has 1 fully saturated rings. The summed E-state index contributed by atoms with van der Waals surface area (Å²) in [7, 11) is 0. The third kappa shape index (κ3) is 3.48. The van der Waals surface area contributed by atoms with E-state index in [0.29, 0.717) is 24.2 Å². The van der Waals surface area contributed by atoms with Crippen LogP contribution in [0.3, 0.4) is 0 Å². The van der Waals surface area contributed by atoms with Gasteiger partial charge in [0.2, 0.25) is 11.8 Å². The number of hydrogen-bond donors (Lipinski definition) is 3. The van der Waals surface area contributed by atoms with E-state index in [1.54, 1.807) is 23.5 Å². The van der Waals surface area contributed by atoms with Gasteiger partial charge in [0.15, 0.2) is 0 Å². The molecule has 1 saturated heterocycles. The van der Waals surface area contributed by atoms with E-state index < -0.39 is 23.8 Å². The highest BCUT2D eigenvalue weighted by atomic mass is 32.1. The summed E-state index contributed by atoms with van der Waals surface area (Å²) in [6.45, 7) is 2.07. The van der Waals surface area contributed by atoms with Crippen molar-refractivity contribution in [3.8, 4) is 0 Å². The minimum atomic E-state index is -0.950. The highest BCUT2D eigenvalue weighted by molar-refractivity contribution is 7.10. The first-order chi connectivity index (χ1) is 15.0. The summed E-state index contributed by atoms with van der Waals surface area (Å²) in [5.41, 5.74) is 2.70. The molecule has 0 saturated carbocycles. The molecule has 160 valence electrons. The Kier molecular flexibility index (Phi) is 5.17. The van der Waals surface area contributed by atoms with Gasteiger partial charge in [0.05, 0.1) is 11.1 Å². The van der Waals surface area contributed by atoms with Crippen molar-refractivity contribution in [2.45, 2.75) is 37.9 Å². The molecule has 9 heteroatoms. The summed E-state index contributed by atoms with van der Waals surface area (Å²) in [6, 6.07) is 6.61. The second kappa shape index (κ2) is 7.99. The molecule has 1 aromatic carbocycles. The van der Waals surface area contributed by atoms with E-state index >= 15 is 0 Å². The Balaban J connectivity index is 1.32. The van der Waals surface area contributed by atoms with E-state index in [1.807, 2.05) is 6.07 Å². The van der Waals surface area contributed by atoms with Crippen molar-refractivity contribution in [2.24, 2.45) is 0 Å². The third-order valence-corrected chi connectivity index (χ3v) is 7.11. The summed E-state index contributed by atoms with van der Waals surface area (Å²) in [6.07, 6.45) is 1.31. The molecular weight excluding hydrogens is 416 g/mol. The van der Waals surface area contributed by atoms with Crippen LogP contribution in [-0.4, -0.2) is 47.7 Å². The van der Waals surface area contributed by atoms with Gasteiger partial charge in [0.25, 0.3) is 11.8 Å². The zero-order valence-corrected chi connectivity index (χ0v) is 17.6. The standard InChI is InChI=1S/C22H22N4O4S/c27-18-5-4-16(20(28)25-18)26-21(29)14-3-1-2-12(19(14)22(26)30)10-23-11-15-13-7-9-31-17(13)6-8-24-15/h1-3,7,9,15-16,23-24H,4-6,8,10-11H2,(H,25,27,28). The summed E-state index contributed by atoms with van der Waals surface area (Å²) in [5, 5.41) is 11.3. The Bertz CT molecular complexity index is 1090. The number of amides is 4. The SMILES string of the molecule is O=C1CCC(N2C(=O)c3cccc(CNCC4NCCc5sccc54)c3C2=O)C(=O)N1. The molecule has 0 aliphatic carbocycles. The van der Waals surface area contributed by atoms with Crippen LogP contribution in [-0.2, 0) is 22.6 Å². The van der Waals surface area contributed by atoms with Crippen molar-refractivity contribution in [3.63, 3.8) is 0 Å². The number of nitrogens with zero attached hydrogens (tertiary/aromatic N) is 1. The van der Waals surface area contributed by atoms with Gasteiger partial charge in [-0.15, -0.1) is 11.3 Å². The van der Waals surface area contributed by atoms with Crippen LogP contribution in [0.4, 0.5) is 0 Å². The van der Waals surface area contributed by atoms with E-state index in [4.69, 9.17) is 0 Å². The molecule has 3 aliphatic heterocycles. The highest BCUT2D eigenvalue weighted by Crippen LogP contribution is 2.30. The number of fused-ring (bicyclic) bond motifs is 2. The normalized spacial score (nSPS) is 23.0. The lowest BCUT2D eigenvalue weighted by Crippen LogP contribution is -2.54. The van der Waals surface area contributed by atoms with Gasteiger partial charge in [-0.25, -0.2) is 0 Å². The minimum Gasteiger partial charge on any atom is -0.311 e. The molecule has 2 aromatic rings. The summed E-state index contributed by atoms with van der Waals surface area (Å²) >= 11 is 1.78. The van der Waals surface area contributed by atoms with Crippen LogP contribution in [0.15, 0.2) is 29.6 Å². The fraction of sp³-hybridized carbons (Fsp3) is 0.364. The van der Waals surface area contributed by atoms with Gasteiger partial charge >= 0.3 is 0 Å². The number of nitrogens with one attached hydrogen (secondary N) is 3. The van der Waals surface area contributed by atoms with E-state index in [-0.39, 0.29) is 24.8 Å². The second-order valence-electron chi connectivity index (χ2n) is 7.97. The zero-order valence-electron chi connectivity index (χ0n) is 16.8. The number of benzene rings is 1. The van der Waals surface area contributed by atoms with Gasteiger partial charge in [-0.2, -0.15) is 0 Å². The van der Waals surface area contributed by atoms with Crippen LogP contribution < -0.4 is 16.0 Å². The van der Waals surface area contributed by atoms with Gasteiger partial charge in [-0.1, -0.05) is 12.1 Å². The van der Waals surface area contributed by atoms with E-state index in [9.17, 15) is 19.2 Å². The number of carbonyl (C=O) groups excluding carboxylic acids is 4. The molecule has 3 aliphatic rings. The van der Waals surface area contributed by atoms with Gasteiger partial charge in [-0.05, 0) is 41.5 Å². The maximum absolute atomic E-state index is 13.1. The van der Waals surface area contributed by atoms with Crippen LogP contribution in [0.2, 0.25) is 0 Å². The van der Waals surface area contributed by atoms with Crippen molar-refractivity contribution in [1.82, 2.24) is 20.9 Å². The lowest BCUT2D eigenvalue weighted by molar-refractivity contribution is -0.136. The van der Waals surface area contributed by atoms with Crippen molar-refractivity contribution < 1.29 is 19.2 Å². The molecule has 2 atom stereocenters. The fourth-order valence-electron chi connectivity index (χ4n) is 4.60. The zero-order chi connectivity index (χ0) is 21.5. The predicted octanol–water partition coefficient (Wildman–Crippen LogP) is 1.13. The lowest BCUT2D eigenvalue weighted by Gasteiger charge is -2.27. The van der Waals surface area contributed by atoms with Gasteiger partial charge in [0, 0.05) is 37.0 Å². The summed E-state index contributed by atoms with van der Waals surface area (Å²) < 4.78 is 0.